The zero-order chi connectivity index (χ0) is 19.5. The fourth-order valence-electron chi connectivity index (χ4n) is 3.96. The van der Waals surface area contributed by atoms with Crippen molar-refractivity contribution in [1.29, 1.82) is 0 Å². The number of hydrogen-bond acceptors (Lipinski definition) is 3. The van der Waals surface area contributed by atoms with Crippen LogP contribution in [0.4, 0.5) is 16.2 Å². The topological polar surface area (TPSA) is 48.5 Å². The fourth-order valence-corrected chi connectivity index (χ4v) is 3.96. The summed E-state index contributed by atoms with van der Waals surface area (Å²) in [4.78, 5) is 21.4. The molecular formula is C23H26N4O. The zero-order valence-electron chi connectivity index (χ0n) is 16.4. The monoisotopic (exact) mass is 374 g/mol. The van der Waals surface area contributed by atoms with Gasteiger partial charge in [0.1, 0.15) is 0 Å². The molecule has 1 saturated heterocycles. The Morgan fingerprint density at radius 3 is 2.82 bits per heavy atom. The number of aromatic nitrogens is 1. The van der Waals surface area contributed by atoms with Gasteiger partial charge in [0.2, 0.25) is 0 Å². The molecular weight excluding hydrogens is 348 g/mol. The van der Waals surface area contributed by atoms with E-state index < -0.39 is 0 Å². The normalized spacial score (nSPS) is 16.4. The van der Waals surface area contributed by atoms with Crippen molar-refractivity contribution in [1.82, 2.24) is 9.88 Å². The molecule has 5 heteroatoms. The molecule has 1 atom stereocenters. The SMILES string of the molecule is Cc1ccc(NC(=O)N(C)C[C@H]2CCN(c3ccccc3)C2)c2cccnc12. The smallest absolute Gasteiger partial charge is 0.321 e. The number of benzene rings is 2. The Labute approximate surface area is 166 Å². The summed E-state index contributed by atoms with van der Waals surface area (Å²) in [6, 6.07) is 18.3. The van der Waals surface area contributed by atoms with Crippen LogP contribution >= 0.6 is 0 Å². The summed E-state index contributed by atoms with van der Waals surface area (Å²) in [7, 11) is 1.87. The molecule has 3 aromatic rings. The van der Waals surface area contributed by atoms with E-state index in [4.69, 9.17) is 0 Å². The zero-order valence-corrected chi connectivity index (χ0v) is 16.4. The van der Waals surface area contributed by atoms with Crippen molar-refractivity contribution in [2.75, 3.05) is 36.9 Å². The Bertz CT molecular complexity index is 973. The minimum atomic E-state index is -0.0767. The lowest BCUT2D eigenvalue weighted by Crippen LogP contribution is -2.36. The summed E-state index contributed by atoms with van der Waals surface area (Å²) in [6.07, 6.45) is 2.88. The second-order valence-corrected chi connectivity index (χ2v) is 7.58. The molecule has 144 valence electrons. The van der Waals surface area contributed by atoms with E-state index in [9.17, 15) is 4.79 Å². The molecule has 0 radical (unpaired) electrons. The number of rotatable bonds is 4. The maximum absolute atomic E-state index is 12.8. The molecule has 1 N–H and O–H groups in total. The van der Waals surface area contributed by atoms with Crippen LogP contribution in [0.15, 0.2) is 60.8 Å². The molecule has 4 rings (SSSR count). The highest BCUT2D eigenvalue weighted by Crippen LogP contribution is 2.26. The van der Waals surface area contributed by atoms with Crippen LogP contribution in [-0.4, -0.2) is 42.6 Å². The van der Waals surface area contributed by atoms with Gasteiger partial charge in [-0.05, 0) is 55.2 Å². The standard InChI is InChI=1S/C23H26N4O/c1-17-10-11-21(20-9-6-13-24-22(17)20)25-23(28)26(2)15-18-12-14-27(16-18)19-7-4-3-5-8-19/h3-11,13,18H,12,14-16H2,1-2H3,(H,25,28)/t18-/m1/s1. The van der Waals surface area contributed by atoms with E-state index in [1.807, 2.05) is 44.3 Å². The van der Waals surface area contributed by atoms with Crippen LogP contribution in [-0.2, 0) is 0 Å². The Kier molecular flexibility index (Phi) is 5.15. The number of anilines is 2. The lowest BCUT2D eigenvalue weighted by molar-refractivity contribution is 0.215. The molecule has 28 heavy (non-hydrogen) atoms. The molecule has 1 aromatic heterocycles. The molecule has 1 aliphatic heterocycles. The van der Waals surface area contributed by atoms with Crippen molar-refractivity contribution in [2.24, 2.45) is 5.92 Å². The van der Waals surface area contributed by atoms with Gasteiger partial charge in [0.05, 0.1) is 11.2 Å². The van der Waals surface area contributed by atoms with Gasteiger partial charge in [0.15, 0.2) is 0 Å². The highest BCUT2D eigenvalue weighted by atomic mass is 16.2. The number of amides is 2. The highest BCUT2D eigenvalue weighted by molar-refractivity contribution is 6.01. The molecule has 0 aliphatic carbocycles. The van der Waals surface area contributed by atoms with Crippen LogP contribution in [0.25, 0.3) is 10.9 Å². The summed E-state index contributed by atoms with van der Waals surface area (Å²) < 4.78 is 0. The highest BCUT2D eigenvalue weighted by Gasteiger charge is 2.25. The second kappa shape index (κ2) is 7.89. The Morgan fingerprint density at radius 1 is 1.18 bits per heavy atom. The molecule has 0 spiro atoms. The van der Waals surface area contributed by atoms with Crippen molar-refractivity contribution < 1.29 is 4.79 Å². The molecule has 0 saturated carbocycles. The molecule has 0 bridgehead atoms. The Morgan fingerprint density at radius 2 is 2.00 bits per heavy atom. The molecule has 2 heterocycles. The summed E-state index contributed by atoms with van der Waals surface area (Å²) >= 11 is 0. The number of carbonyl (C=O) groups is 1. The molecule has 1 fully saturated rings. The van der Waals surface area contributed by atoms with Crippen LogP contribution in [0.2, 0.25) is 0 Å². The predicted molar refractivity (Wildman–Crippen MR) is 115 cm³/mol. The van der Waals surface area contributed by atoms with Gasteiger partial charge in [0.25, 0.3) is 0 Å². The van der Waals surface area contributed by atoms with Crippen LogP contribution in [0, 0.1) is 12.8 Å². The molecule has 1 aliphatic rings. The molecule has 2 amide bonds. The fraction of sp³-hybridized carbons (Fsp3) is 0.304. The van der Waals surface area contributed by atoms with Crippen molar-refractivity contribution in [2.45, 2.75) is 13.3 Å². The average Bonchev–Trinajstić information content (AvgIpc) is 3.19. The van der Waals surface area contributed by atoms with Gasteiger partial charge < -0.3 is 15.1 Å². The maximum atomic E-state index is 12.8. The predicted octanol–water partition coefficient (Wildman–Crippen LogP) is 4.53. The molecule has 2 aromatic carbocycles. The number of nitrogens with one attached hydrogen (secondary N) is 1. The van der Waals surface area contributed by atoms with Gasteiger partial charge >= 0.3 is 6.03 Å². The third-order valence-corrected chi connectivity index (χ3v) is 5.50. The van der Waals surface area contributed by atoms with E-state index >= 15 is 0 Å². The van der Waals surface area contributed by atoms with E-state index in [1.54, 1.807) is 11.1 Å². The average molecular weight is 374 g/mol. The van der Waals surface area contributed by atoms with Crippen LogP contribution in [0.1, 0.15) is 12.0 Å². The Hall–Kier alpha value is -3.08. The lowest BCUT2D eigenvalue weighted by Gasteiger charge is -2.23. The third-order valence-electron chi connectivity index (χ3n) is 5.50. The number of hydrogen-bond donors (Lipinski definition) is 1. The van der Waals surface area contributed by atoms with E-state index in [0.29, 0.717) is 5.92 Å². The number of nitrogens with zero attached hydrogens (tertiary/aromatic N) is 3. The number of pyridine rings is 1. The van der Waals surface area contributed by atoms with Crippen molar-refractivity contribution in [3.05, 3.63) is 66.4 Å². The number of para-hydroxylation sites is 1. The van der Waals surface area contributed by atoms with Gasteiger partial charge in [-0.1, -0.05) is 24.3 Å². The summed E-state index contributed by atoms with van der Waals surface area (Å²) in [5, 5.41) is 4.03. The first kappa shape index (κ1) is 18.3. The minimum absolute atomic E-state index is 0.0767. The summed E-state index contributed by atoms with van der Waals surface area (Å²) in [5.41, 5.74) is 4.10. The van der Waals surface area contributed by atoms with E-state index in [2.05, 4.69) is 39.5 Å². The van der Waals surface area contributed by atoms with Gasteiger partial charge in [-0.15, -0.1) is 0 Å². The molecule has 5 nitrogen and oxygen atoms in total. The van der Waals surface area contributed by atoms with Crippen molar-refractivity contribution in [3.8, 4) is 0 Å². The van der Waals surface area contributed by atoms with Crippen LogP contribution < -0.4 is 10.2 Å². The third kappa shape index (κ3) is 3.79. The lowest BCUT2D eigenvalue weighted by atomic mass is 10.1. The van der Waals surface area contributed by atoms with Crippen molar-refractivity contribution >= 4 is 28.3 Å². The largest absolute Gasteiger partial charge is 0.371 e. The first-order valence-electron chi connectivity index (χ1n) is 9.78. The van der Waals surface area contributed by atoms with Gasteiger partial charge in [-0.25, -0.2) is 4.79 Å². The van der Waals surface area contributed by atoms with E-state index in [0.717, 1.165) is 48.2 Å². The number of aryl methyl sites for hydroxylation is 1. The first-order chi connectivity index (χ1) is 13.6. The van der Waals surface area contributed by atoms with Gasteiger partial charge in [-0.2, -0.15) is 0 Å². The Balaban J connectivity index is 1.39. The summed E-state index contributed by atoms with van der Waals surface area (Å²) in [5.74, 6) is 0.479. The number of carbonyl (C=O) groups excluding carboxylic acids is 1. The van der Waals surface area contributed by atoms with Gasteiger partial charge in [-0.3, -0.25) is 4.98 Å². The van der Waals surface area contributed by atoms with Crippen LogP contribution in [0.5, 0.6) is 0 Å². The molecule has 0 unspecified atom stereocenters. The van der Waals surface area contributed by atoms with Crippen LogP contribution in [0.3, 0.4) is 0 Å². The number of urea groups is 1. The second-order valence-electron chi connectivity index (χ2n) is 7.58. The maximum Gasteiger partial charge on any atom is 0.321 e. The quantitative estimate of drug-likeness (QED) is 0.730. The van der Waals surface area contributed by atoms with E-state index in [-0.39, 0.29) is 6.03 Å². The summed E-state index contributed by atoms with van der Waals surface area (Å²) in [6.45, 7) is 4.81. The van der Waals surface area contributed by atoms with E-state index in [1.165, 1.54) is 5.69 Å². The van der Waals surface area contributed by atoms with Gasteiger partial charge in [0, 0.05) is 44.0 Å². The minimum Gasteiger partial charge on any atom is -0.371 e. The first-order valence-corrected chi connectivity index (χ1v) is 9.78. The van der Waals surface area contributed by atoms with Crippen molar-refractivity contribution in [3.63, 3.8) is 0 Å². The number of fused-ring (bicyclic) bond motifs is 1.